The lowest BCUT2D eigenvalue weighted by Crippen LogP contribution is -2.28. The normalized spacial score (nSPS) is 16.2. The molecule has 2 aliphatic rings. The summed E-state index contributed by atoms with van der Waals surface area (Å²) in [6.07, 6.45) is 3.28. The van der Waals surface area contributed by atoms with E-state index in [1.165, 1.54) is 0 Å². The predicted octanol–water partition coefficient (Wildman–Crippen LogP) is 1.79. The first-order valence-corrected chi connectivity index (χ1v) is 25.7. The Bertz CT molecular complexity index is 3750. The van der Waals surface area contributed by atoms with Crippen molar-refractivity contribution >= 4 is 131 Å². The molecule has 0 atom stereocenters. The van der Waals surface area contributed by atoms with Crippen LogP contribution < -0.4 is 22.3 Å². The number of Topliss-reactive ketones (excluding diaryl/α,β-unsaturated/α-hetero) is 2. The van der Waals surface area contributed by atoms with Gasteiger partial charge in [-0.25, -0.2) is 0 Å². The first kappa shape index (κ1) is 48.9. The maximum Gasteiger partial charge on any atom is 0.296 e. The summed E-state index contributed by atoms with van der Waals surface area (Å²) in [6.45, 7) is 0. The van der Waals surface area contributed by atoms with Crippen LogP contribution in [0.25, 0.3) is 24.3 Å². The number of nitrogens with two attached hydrogens (primary N) is 2. The molecule has 4 aromatic carbocycles. The van der Waals surface area contributed by atoms with Gasteiger partial charge in [-0.1, -0.05) is 24.3 Å². The Morgan fingerprint density at radius 1 is 0.485 bits per heavy atom. The van der Waals surface area contributed by atoms with Crippen molar-refractivity contribution in [2.75, 3.05) is 22.3 Å². The number of ketones is 2. The van der Waals surface area contributed by atoms with Gasteiger partial charge in [0, 0.05) is 11.4 Å². The Balaban J connectivity index is 1.33. The Morgan fingerprint density at radius 2 is 0.939 bits per heavy atom. The van der Waals surface area contributed by atoms with Gasteiger partial charge in [-0.15, -0.1) is 0 Å². The van der Waals surface area contributed by atoms with Crippen molar-refractivity contribution in [3.05, 3.63) is 104 Å². The molecule has 0 aromatic heterocycles. The van der Waals surface area contributed by atoms with Gasteiger partial charge in [-0.3, -0.25) is 47.8 Å². The minimum Gasteiger partial charge on any atom is -0.398 e. The number of hydrogen-bond acceptors (Lipinski definition) is 20. The topological polar surface area (TPSA) is 461 Å². The number of anilines is 4. The van der Waals surface area contributed by atoms with E-state index in [2.05, 4.69) is 21.1 Å². The molecule has 0 aliphatic heterocycles. The van der Waals surface area contributed by atoms with Crippen LogP contribution in [0.4, 0.5) is 22.7 Å². The predicted molar refractivity (Wildman–Crippen MR) is 233 cm³/mol. The number of nitrogen functional groups attached to an aromatic ring is 2. The fourth-order valence-electron chi connectivity index (χ4n) is 6.19. The number of allylic oxidation sites excluding steroid dienone is 2. The van der Waals surface area contributed by atoms with Gasteiger partial charge in [0.1, 0.15) is 19.6 Å². The van der Waals surface area contributed by atoms with Crippen molar-refractivity contribution in [3.8, 4) is 0 Å². The molecule has 0 spiro atoms. The molecular weight excluding hydrogens is 1000 g/mol. The summed E-state index contributed by atoms with van der Waals surface area (Å²) in [5.74, 6) is -2.61. The summed E-state index contributed by atoms with van der Waals surface area (Å²) in [5, 5.41) is 7.28. The van der Waals surface area contributed by atoms with Gasteiger partial charge in [0.2, 0.25) is 11.6 Å². The fraction of sp³-hybridized carbons (Fsp3) is 0. The highest BCUT2D eigenvalue weighted by Gasteiger charge is 2.37. The number of hydrogen-bond donors (Lipinski definition) is 10. The van der Waals surface area contributed by atoms with E-state index in [9.17, 15) is 87.4 Å². The number of rotatable bonds is 12. The molecule has 0 heterocycles. The maximum absolute atomic E-state index is 13.4. The van der Waals surface area contributed by atoms with E-state index in [1.54, 1.807) is 0 Å². The van der Waals surface area contributed by atoms with E-state index in [4.69, 9.17) is 11.5 Å². The highest BCUT2D eigenvalue weighted by molar-refractivity contribution is 7.91. The molecule has 348 valence electrons. The quantitative estimate of drug-likeness (QED) is 0.0418. The third-order valence-corrected chi connectivity index (χ3v) is 14.2. The van der Waals surface area contributed by atoms with E-state index in [1.807, 2.05) is 0 Å². The van der Waals surface area contributed by atoms with Crippen LogP contribution >= 0.6 is 0 Å². The van der Waals surface area contributed by atoms with Crippen LogP contribution in [0, 0.1) is 0 Å². The van der Waals surface area contributed by atoms with E-state index in [-0.39, 0.29) is 16.8 Å². The average molecular weight is 1030 g/mol. The average Bonchev–Trinajstić information content (AvgIpc) is 3.16. The molecule has 0 fully saturated rings. The standard InChI is InChI=1S/C34H26N6O20S6/c35-22-13-20(61(43,44)45)8-17-10-27(65(55,56)57)31(33(41)29(17)22)39-37-19-5-4-16(25(12-19)63(49,50)51)3-1-15-2-6-24(26(7-15)64(52,53)54)38-40-32-28(66(58,59)60)11-18-9-21(62(46,47)48)14-23(36)30(18)34(32)42/h1-14,37-38H,35-36H2,(H,43,44,45)(H,46,47,48)(H,49,50,51)(H,52,53,54)(H,55,56,57)(H,58,59,60). The first-order valence-electron chi connectivity index (χ1n) is 17.1. The first-order chi connectivity index (χ1) is 30.2. The van der Waals surface area contributed by atoms with Gasteiger partial charge in [0.25, 0.3) is 60.7 Å². The van der Waals surface area contributed by atoms with Crippen molar-refractivity contribution in [2.45, 2.75) is 19.6 Å². The Labute approximate surface area is 372 Å². The van der Waals surface area contributed by atoms with Crippen molar-refractivity contribution < 1.29 is 87.4 Å². The van der Waals surface area contributed by atoms with Crippen LogP contribution in [0.15, 0.2) is 100 Å². The molecule has 32 heteroatoms. The van der Waals surface area contributed by atoms with Crippen LogP contribution in [0.1, 0.15) is 43.0 Å². The van der Waals surface area contributed by atoms with Gasteiger partial charge in [0.05, 0.1) is 32.3 Å². The number of hydrazone groups is 2. The molecule has 12 N–H and O–H groups in total. The third-order valence-electron chi connectivity index (χ3n) is 9.04. The second-order valence-electron chi connectivity index (χ2n) is 13.5. The zero-order valence-electron chi connectivity index (χ0n) is 32.0. The molecule has 0 saturated carbocycles. The minimum absolute atomic E-state index is 0.122. The SMILES string of the molecule is Nc1cc(S(=O)(=O)O)cc2c1C(=O)C(=NNc1ccc(C=Cc3ccc(NN=C4C(=O)c5c(N)cc(S(=O)(=O)O)cc5C=C4S(=O)(=O)O)c(S(=O)(=O)O)c3)c(S(=O)(=O)O)c1)C(S(=O)(=O)O)=C2. The summed E-state index contributed by atoms with van der Waals surface area (Å²) in [7, 11) is -30.9. The van der Waals surface area contributed by atoms with Crippen molar-refractivity contribution in [2.24, 2.45) is 10.2 Å². The summed E-state index contributed by atoms with van der Waals surface area (Å²) in [5.41, 5.74) is 9.26. The maximum atomic E-state index is 13.4. The summed E-state index contributed by atoms with van der Waals surface area (Å²) in [4.78, 5) is 20.9. The third kappa shape index (κ3) is 10.1. The summed E-state index contributed by atoms with van der Waals surface area (Å²) in [6, 6.07) is 8.39. The number of nitrogens with one attached hydrogen (secondary N) is 2. The van der Waals surface area contributed by atoms with E-state index in [0.29, 0.717) is 36.4 Å². The van der Waals surface area contributed by atoms with Gasteiger partial charge in [0.15, 0.2) is 11.4 Å². The van der Waals surface area contributed by atoms with E-state index < -0.39 is 152 Å². The van der Waals surface area contributed by atoms with Crippen LogP contribution in [-0.4, -0.2) is 101 Å². The molecule has 2 aliphatic carbocycles. The molecule has 0 amide bonds. The number of nitrogens with zero attached hydrogens (tertiary/aromatic N) is 2. The van der Waals surface area contributed by atoms with Crippen LogP contribution in [0.2, 0.25) is 0 Å². The van der Waals surface area contributed by atoms with Gasteiger partial charge in [-0.05, 0) is 82.9 Å². The van der Waals surface area contributed by atoms with Crippen LogP contribution in [-0.2, 0) is 60.7 Å². The number of carbonyl (C=O) groups excluding carboxylic acids is 2. The van der Waals surface area contributed by atoms with Gasteiger partial charge in [-0.2, -0.15) is 60.7 Å². The Kier molecular flexibility index (Phi) is 12.4. The number of fused-ring (bicyclic) bond motifs is 2. The van der Waals surface area contributed by atoms with Crippen LogP contribution in [0.3, 0.4) is 0 Å². The fourth-order valence-corrected chi connectivity index (χ4v) is 10.00. The molecule has 0 bridgehead atoms. The van der Waals surface area contributed by atoms with Crippen LogP contribution in [0.5, 0.6) is 0 Å². The minimum atomic E-state index is -5.35. The zero-order chi connectivity index (χ0) is 49.3. The largest absolute Gasteiger partial charge is 0.398 e. The molecule has 4 aromatic rings. The van der Waals surface area contributed by atoms with Gasteiger partial charge < -0.3 is 11.5 Å². The molecule has 0 unspecified atom stereocenters. The van der Waals surface area contributed by atoms with Gasteiger partial charge >= 0.3 is 0 Å². The lowest BCUT2D eigenvalue weighted by atomic mass is 9.93. The molecular formula is C34H26N6O20S6. The lowest BCUT2D eigenvalue weighted by Gasteiger charge is -2.18. The van der Waals surface area contributed by atoms with E-state index >= 15 is 0 Å². The lowest BCUT2D eigenvalue weighted by molar-refractivity contribution is 0.105. The molecule has 26 nitrogen and oxygen atoms in total. The van der Waals surface area contributed by atoms with Crippen molar-refractivity contribution in [3.63, 3.8) is 0 Å². The number of benzene rings is 4. The smallest absolute Gasteiger partial charge is 0.296 e. The monoisotopic (exact) mass is 1030 g/mol. The molecule has 66 heavy (non-hydrogen) atoms. The second kappa shape index (κ2) is 16.7. The van der Waals surface area contributed by atoms with E-state index in [0.717, 1.165) is 48.6 Å². The highest BCUT2D eigenvalue weighted by atomic mass is 32.2. The molecule has 6 rings (SSSR count). The Hall–Kier alpha value is -6.56. The number of carbonyl (C=O) groups is 2. The summed E-state index contributed by atoms with van der Waals surface area (Å²) < 4.78 is 204. The summed E-state index contributed by atoms with van der Waals surface area (Å²) >= 11 is 0. The zero-order valence-corrected chi connectivity index (χ0v) is 36.9. The molecule has 0 radical (unpaired) electrons. The Morgan fingerprint density at radius 3 is 1.36 bits per heavy atom. The second-order valence-corrected chi connectivity index (χ2v) is 21.9. The van der Waals surface area contributed by atoms with Crippen molar-refractivity contribution in [1.82, 2.24) is 0 Å². The van der Waals surface area contributed by atoms with Crippen molar-refractivity contribution in [1.29, 1.82) is 0 Å². The highest BCUT2D eigenvalue weighted by Crippen LogP contribution is 2.35. The molecule has 0 saturated heterocycles.